The highest BCUT2D eigenvalue weighted by Gasteiger charge is 2.22. The van der Waals surface area contributed by atoms with Gasteiger partial charge in [0.2, 0.25) is 11.7 Å². The van der Waals surface area contributed by atoms with E-state index in [4.69, 9.17) is 0 Å². The average molecular weight is 326 g/mol. The number of carbonyl (C=O) groups is 2. The van der Waals surface area contributed by atoms with Gasteiger partial charge in [-0.1, -0.05) is 12.1 Å². The number of rotatable bonds is 3. The highest BCUT2D eigenvalue weighted by atomic mass is 16.2. The molecule has 24 heavy (non-hydrogen) atoms. The Kier molecular flexibility index (Phi) is 3.68. The fourth-order valence-corrected chi connectivity index (χ4v) is 2.34. The van der Waals surface area contributed by atoms with E-state index >= 15 is 0 Å². The number of tetrazole rings is 1. The van der Waals surface area contributed by atoms with Gasteiger partial charge in [0.1, 0.15) is 5.69 Å². The van der Waals surface area contributed by atoms with Crippen LogP contribution in [0.3, 0.4) is 0 Å². The number of nitrogens with zero attached hydrogens (tertiary/aromatic N) is 6. The van der Waals surface area contributed by atoms with Crippen molar-refractivity contribution in [3.8, 4) is 5.69 Å². The van der Waals surface area contributed by atoms with Gasteiger partial charge in [-0.25, -0.2) is 9.48 Å². The molecule has 0 radical (unpaired) electrons. The Hall–Kier alpha value is -3.36. The van der Waals surface area contributed by atoms with Gasteiger partial charge in [-0.05, 0) is 35.0 Å². The lowest BCUT2D eigenvalue weighted by Gasteiger charge is -2.09. The molecule has 9 heteroatoms. The van der Waals surface area contributed by atoms with E-state index in [9.17, 15) is 14.4 Å². The molecule has 2 aromatic heterocycles. The van der Waals surface area contributed by atoms with E-state index < -0.39 is 11.5 Å². The Morgan fingerprint density at radius 1 is 1.12 bits per heavy atom. The molecular weight excluding hydrogens is 312 g/mol. The van der Waals surface area contributed by atoms with E-state index in [1.807, 2.05) is 0 Å². The minimum atomic E-state index is -0.469. The number of hydrogen-bond acceptors (Lipinski definition) is 6. The zero-order valence-corrected chi connectivity index (χ0v) is 13.3. The summed E-state index contributed by atoms with van der Waals surface area (Å²) in [6.45, 7) is 3.10. The quantitative estimate of drug-likeness (QED) is 0.644. The number of hydrogen-bond donors (Lipinski definition) is 0. The zero-order chi connectivity index (χ0) is 17.4. The fraction of sp³-hybridized carbons (Fsp3) is 0.200. The van der Waals surface area contributed by atoms with Crippen molar-refractivity contribution < 1.29 is 9.59 Å². The maximum absolute atomic E-state index is 12.9. The van der Waals surface area contributed by atoms with E-state index in [2.05, 4.69) is 15.5 Å². The number of carbonyl (C=O) groups excluding carboxylic acids is 2. The summed E-state index contributed by atoms with van der Waals surface area (Å²) in [6.07, 6.45) is 1.42. The van der Waals surface area contributed by atoms with Gasteiger partial charge in [-0.15, -0.1) is 0 Å². The molecule has 0 spiro atoms. The first kappa shape index (κ1) is 15.5. The van der Waals surface area contributed by atoms with Crippen LogP contribution in [0.1, 0.15) is 33.3 Å². The van der Waals surface area contributed by atoms with Gasteiger partial charge in [-0.2, -0.15) is 14.5 Å². The van der Waals surface area contributed by atoms with Gasteiger partial charge in [0.15, 0.2) is 0 Å². The summed E-state index contributed by atoms with van der Waals surface area (Å²) in [5, 5.41) is 11.4. The first-order valence-electron chi connectivity index (χ1n) is 7.10. The minimum Gasteiger partial charge on any atom is -0.287 e. The summed E-state index contributed by atoms with van der Waals surface area (Å²) in [7, 11) is 1.47. The van der Waals surface area contributed by atoms with Crippen LogP contribution in [0, 0.1) is 6.92 Å². The van der Waals surface area contributed by atoms with Crippen molar-refractivity contribution in [2.24, 2.45) is 7.05 Å². The van der Waals surface area contributed by atoms with Crippen LogP contribution in [0.5, 0.6) is 0 Å². The SMILES string of the molecule is CC(=O)n1ccc(C(=O)c2c(C)cccc2-n2nnn(C)c2=O)n1. The summed E-state index contributed by atoms with van der Waals surface area (Å²) in [5.74, 6) is -0.704. The van der Waals surface area contributed by atoms with E-state index in [0.29, 0.717) is 11.3 Å². The number of benzene rings is 1. The monoisotopic (exact) mass is 326 g/mol. The lowest BCUT2D eigenvalue weighted by atomic mass is 10.0. The van der Waals surface area contributed by atoms with Gasteiger partial charge in [0, 0.05) is 20.2 Å². The smallest absolute Gasteiger partial charge is 0.287 e. The number of aromatic nitrogens is 6. The summed E-state index contributed by atoms with van der Waals surface area (Å²) < 4.78 is 3.21. The highest BCUT2D eigenvalue weighted by Crippen LogP contribution is 2.20. The molecule has 0 unspecified atom stereocenters. The predicted octanol–water partition coefficient (Wildman–Crippen LogP) is 0.362. The van der Waals surface area contributed by atoms with Crippen LogP contribution in [-0.4, -0.2) is 41.3 Å². The van der Waals surface area contributed by atoms with Gasteiger partial charge < -0.3 is 0 Å². The second-order valence-electron chi connectivity index (χ2n) is 5.26. The zero-order valence-electron chi connectivity index (χ0n) is 13.3. The van der Waals surface area contributed by atoms with Crippen LogP contribution in [0.2, 0.25) is 0 Å². The van der Waals surface area contributed by atoms with Gasteiger partial charge >= 0.3 is 5.69 Å². The second kappa shape index (κ2) is 5.69. The normalized spacial score (nSPS) is 10.8. The van der Waals surface area contributed by atoms with Gasteiger partial charge in [-0.3, -0.25) is 9.59 Å². The van der Waals surface area contributed by atoms with Crippen LogP contribution < -0.4 is 5.69 Å². The van der Waals surface area contributed by atoms with Crippen LogP contribution in [0.4, 0.5) is 0 Å². The maximum Gasteiger partial charge on any atom is 0.368 e. The first-order chi connectivity index (χ1) is 11.4. The van der Waals surface area contributed by atoms with E-state index in [-0.39, 0.29) is 17.2 Å². The van der Waals surface area contributed by atoms with Crippen LogP contribution in [0.15, 0.2) is 35.3 Å². The lowest BCUT2D eigenvalue weighted by molar-refractivity contribution is 0.0920. The molecule has 0 amide bonds. The molecule has 122 valence electrons. The molecule has 3 rings (SSSR count). The summed E-state index contributed by atoms with van der Waals surface area (Å²) in [4.78, 5) is 36.3. The molecule has 0 saturated heterocycles. The molecule has 2 heterocycles. The third kappa shape index (κ3) is 2.45. The maximum atomic E-state index is 12.9. The van der Waals surface area contributed by atoms with Gasteiger partial charge in [0.05, 0.1) is 11.3 Å². The van der Waals surface area contributed by atoms with Crippen LogP contribution in [0.25, 0.3) is 5.69 Å². The van der Waals surface area contributed by atoms with Crippen LogP contribution >= 0.6 is 0 Å². The molecule has 0 saturated carbocycles. The molecule has 0 atom stereocenters. The van der Waals surface area contributed by atoms with E-state index in [1.54, 1.807) is 25.1 Å². The molecule has 0 N–H and O–H groups in total. The molecule has 0 fully saturated rings. The lowest BCUT2D eigenvalue weighted by Crippen LogP contribution is -2.24. The molecule has 0 aliphatic heterocycles. The second-order valence-corrected chi connectivity index (χ2v) is 5.26. The van der Waals surface area contributed by atoms with Crippen LogP contribution in [-0.2, 0) is 7.05 Å². The molecule has 0 bridgehead atoms. The Morgan fingerprint density at radius 2 is 1.88 bits per heavy atom. The van der Waals surface area contributed by atoms with E-state index in [1.165, 1.54) is 26.2 Å². The Labute approximate surface area is 136 Å². The summed E-state index contributed by atoms with van der Waals surface area (Å²) in [5.41, 5.74) is 0.901. The summed E-state index contributed by atoms with van der Waals surface area (Å²) >= 11 is 0. The molecule has 0 aliphatic carbocycles. The van der Waals surface area contributed by atoms with Crippen molar-refractivity contribution in [2.75, 3.05) is 0 Å². The Balaban J connectivity index is 2.17. The largest absolute Gasteiger partial charge is 0.368 e. The topological polar surface area (TPSA) is 105 Å². The van der Waals surface area contributed by atoms with Crippen molar-refractivity contribution in [1.29, 1.82) is 0 Å². The number of aryl methyl sites for hydroxylation is 2. The highest BCUT2D eigenvalue weighted by molar-refractivity contribution is 6.11. The molecule has 3 aromatic rings. The first-order valence-corrected chi connectivity index (χ1v) is 7.10. The summed E-state index contributed by atoms with van der Waals surface area (Å²) in [6, 6.07) is 6.54. The van der Waals surface area contributed by atoms with Crippen molar-refractivity contribution >= 4 is 11.7 Å². The van der Waals surface area contributed by atoms with Crippen molar-refractivity contribution in [3.63, 3.8) is 0 Å². The van der Waals surface area contributed by atoms with Gasteiger partial charge in [0.25, 0.3) is 0 Å². The van der Waals surface area contributed by atoms with Crippen molar-refractivity contribution in [1.82, 2.24) is 29.6 Å². The average Bonchev–Trinajstić information content (AvgIpc) is 3.15. The molecular formula is C15H14N6O3. The molecule has 9 nitrogen and oxygen atoms in total. The third-order valence-electron chi connectivity index (χ3n) is 3.57. The molecule has 0 aliphatic rings. The Bertz CT molecular complexity index is 1010. The minimum absolute atomic E-state index is 0.109. The number of ketones is 1. The third-order valence-corrected chi connectivity index (χ3v) is 3.57. The molecule has 1 aromatic carbocycles. The Morgan fingerprint density at radius 3 is 2.46 bits per heavy atom. The van der Waals surface area contributed by atoms with E-state index in [0.717, 1.165) is 14.0 Å². The fourth-order valence-electron chi connectivity index (χ4n) is 2.34. The van der Waals surface area contributed by atoms with Crippen molar-refractivity contribution in [2.45, 2.75) is 13.8 Å². The predicted molar refractivity (Wildman–Crippen MR) is 83.3 cm³/mol. The van der Waals surface area contributed by atoms with Crippen molar-refractivity contribution in [3.05, 3.63) is 57.8 Å². The standard InChI is InChI=1S/C15H14N6O3/c1-9-5-4-6-12(21-15(24)19(3)17-18-21)13(9)14(23)11-7-8-20(16-11)10(2)22/h4-8H,1-3H3.